The van der Waals surface area contributed by atoms with Gasteiger partial charge in [-0.3, -0.25) is 9.59 Å². The van der Waals surface area contributed by atoms with Crippen LogP contribution in [0.15, 0.2) is 17.8 Å². The average molecular weight is 347 g/mol. The molecule has 128 valence electrons. The summed E-state index contributed by atoms with van der Waals surface area (Å²) in [6, 6.07) is 0. The molecule has 24 heavy (non-hydrogen) atoms. The molecule has 0 radical (unpaired) electrons. The number of imidazole rings is 1. The van der Waals surface area contributed by atoms with Crippen LogP contribution in [-0.4, -0.2) is 44.3 Å². The number of hydrogen-bond acceptors (Lipinski definition) is 5. The van der Waals surface area contributed by atoms with Gasteiger partial charge in [-0.05, 0) is 19.8 Å². The van der Waals surface area contributed by atoms with E-state index in [2.05, 4.69) is 9.97 Å². The van der Waals surface area contributed by atoms with E-state index in [-0.39, 0.29) is 18.4 Å². The summed E-state index contributed by atoms with van der Waals surface area (Å²) < 4.78 is 1.78. The average Bonchev–Trinajstić information content (AvgIpc) is 3.16. The van der Waals surface area contributed by atoms with E-state index >= 15 is 0 Å². The summed E-state index contributed by atoms with van der Waals surface area (Å²) in [4.78, 5) is 34.4. The van der Waals surface area contributed by atoms with Gasteiger partial charge in [-0.25, -0.2) is 9.97 Å². The minimum absolute atomic E-state index is 0.0954. The number of aryl methyl sites for hydroxylation is 1. The fourth-order valence-electron chi connectivity index (χ4n) is 3.15. The van der Waals surface area contributed by atoms with E-state index in [0.717, 1.165) is 35.9 Å². The predicted octanol–water partition coefficient (Wildman–Crippen LogP) is 1.08. The van der Waals surface area contributed by atoms with Gasteiger partial charge in [-0.1, -0.05) is 0 Å². The Bertz CT molecular complexity index is 738. The first-order valence-corrected chi connectivity index (χ1v) is 8.89. The summed E-state index contributed by atoms with van der Waals surface area (Å²) in [5, 5.41) is 2.91. The molecule has 1 aliphatic rings. The van der Waals surface area contributed by atoms with Crippen molar-refractivity contribution in [1.82, 2.24) is 19.4 Å². The first kappa shape index (κ1) is 16.6. The lowest BCUT2D eigenvalue weighted by molar-refractivity contribution is -0.131. The van der Waals surface area contributed by atoms with Crippen molar-refractivity contribution in [3.05, 3.63) is 34.3 Å². The van der Waals surface area contributed by atoms with Gasteiger partial charge in [0, 0.05) is 36.8 Å². The number of nitrogens with zero attached hydrogens (tertiary/aromatic N) is 4. The van der Waals surface area contributed by atoms with Gasteiger partial charge in [0.25, 0.3) is 0 Å². The SMILES string of the molecule is Cc1nc(CC(=O)N2CCC[C@@H](c3nccn3CC(N)=O)C2)cs1. The molecule has 3 rings (SSSR count). The highest BCUT2D eigenvalue weighted by molar-refractivity contribution is 7.09. The number of rotatable bonds is 5. The van der Waals surface area contributed by atoms with E-state index < -0.39 is 5.91 Å². The van der Waals surface area contributed by atoms with Crippen LogP contribution in [0.5, 0.6) is 0 Å². The molecule has 1 atom stereocenters. The molecule has 1 fully saturated rings. The lowest BCUT2D eigenvalue weighted by Gasteiger charge is -2.32. The van der Waals surface area contributed by atoms with Crippen LogP contribution in [0.3, 0.4) is 0 Å². The van der Waals surface area contributed by atoms with Crippen molar-refractivity contribution in [2.45, 2.75) is 38.6 Å². The van der Waals surface area contributed by atoms with Crippen molar-refractivity contribution < 1.29 is 9.59 Å². The molecule has 2 amide bonds. The number of likely N-dealkylation sites (tertiary alicyclic amines) is 1. The Morgan fingerprint density at radius 2 is 2.29 bits per heavy atom. The second-order valence-corrected chi connectivity index (χ2v) is 7.16. The summed E-state index contributed by atoms with van der Waals surface area (Å²) in [5.74, 6) is 0.667. The zero-order valence-electron chi connectivity index (χ0n) is 13.6. The van der Waals surface area contributed by atoms with E-state index in [4.69, 9.17) is 5.73 Å². The molecule has 0 bridgehead atoms. The number of thiazole rings is 1. The van der Waals surface area contributed by atoms with Crippen LogP contribution in [0.1, 0.15) is 35.3 Å². The highest BCUT2D eigenvalue weighted by atomic mass is 32.1. The van der Waals surface area contributed by atoms with Crippen LogP contribution in [0.2, 0.25) is 0 Å². The molecule has 0 spiro atoms. The van der Waals surface area contributed by atoms with Crippen molar-refractivity contribution in [2.24, 2.45) is 5.73 Å². The third-order valence-corrected chi connectivity index (χ3v) is 5.03. The van der Waals surface area contributed by atoms with Crippen LogP contribution in [0.25, 0.3) is 0 Å². The highest BCUT2D eigenvalue weighted by Crippen LogP contribution is 2.26. The number of nitrogens with two attached hydrogens (primary N) is 1. The third kappa shape index (κ3) is 3.81. The molecule has 3 heterocycles. The molecule has 0 unspecified atom stereocenters. The number of carbonyl (C=O) groups excluding carboxylic acids is 2. The monoisotopic (exact) mass is 347 g/mol. The molecule has 2 aromatic heterocycles. The Kier molecular flexibility index (Phi) is 4.94. The second-order valence-electron chi connectivity index (χ2n) is 6.09. The van der Waals surface area contributed by atoms with Crippen molar-refractivity contribution >= 4 is 23.2 Å². The molecule has 0 saturated carbocycles. The molecule has 2 N–H and O–H groups in total. The fourth-order valence-corrected chi connectivity index (χ4v) is 3.77. The molecule has 1 aliphatic heterocycles. The van der Waals surface area contributed by atoms with Gasteiger partial charge >= 0.3 is 0 Å². The molecule has 0 aliphatic carbocycles. The van der Waals surface area contributed by atoms with E-state index in [0.29, 0.717) is 13.0 Å². The van der Waals surface area contributed by atoms with Crippen molar-refractivity contribution in [2.75, 3.05) is 13.1 Å². The zero-order chi connectivity index (χ0) is 17.1. The number of primary amides is 1. The van der Waals surface area contributed by atoms with E-state index in [9.17, 15) is 9.59 Å². The van der Waals surface area contributed by atoms with Gasteiger partial charge in [-0.2, -0.15) is 0 Å². The van der Waals surface area contributed by atoms with Gasteiger partial charge in [-0.15, -0.1) is 11.3 Å². The summed E-state index contributed by atoms with van der Waals surface area (Å²) in [6.07, 6.45) is 5.66. The molecule has 1 saturated heterocycles. The highest BCUT2D eigenvalue weighted by Gasteiger charge is 2.27. The summed E-state index contributed by atoms with van der Waals surface area (Å²) in [5.41, 5.74) is 6.12. The number of amides is 2. The Labute approximate surface area is 144 Å². The number of aromatic nitrogens is 3. The Morgan fingerprint density at radius 3 is 3.00 bits per heavy atom. The second kappa shape index (κ2) is 7.12. The predicted molar refractivity (Wildman–Crippen MR) is 90.5 cm³/mol. The maximum atomic E-state index is 12.5. The van der Waals surface area contributed by atoms with Crippen molar-refractivity contribution in [3.63, 3.8) is 0 Å². The Balaban J connectivity index is 1.67. The van der Waals surface area contributed by atoms with Gasteiger partial charge in [0.15, 0.2) is 0 Å². The largest absolute Gasteiger partial charge is 0.368 e. The van der Waals surface area contributed by atoms with Crippen LogP contribution in [-0.2, 0) is 22.6 Å². The molecule has 0 aromatic carbocycles. The molecule has 2 aromatic rings. The summed E-state index contributed by atoms with van der Waals surface area (Å²) in [6.45, 7) is 3.44. The summed E-state index contributed by atoms with van der Waals surface area (Å²) >= 11 is 1.56. The van der Waals surface area contributed by atoms with Crippen LogP contribution in [0, 0.1) is 6.92 Å². The smallest absolute Gasteiger partial charge is 0.237 e. The first-order valence-electron chi connectivity index (χ1n) is 8.01. The normalized spacial score (nSPS) is 17.9. The fraction of sp³-hybridized carbons (Fsp3) is 0.500. The number of piperidine rings is 1. The molecular weight excluding hydrogens is 326 g/mol. The summed E-state index contributed by atoms with van der Waals surface area (Å²) in [7, 11) is 0. The molecular formula is C16H21N5O2S. The first-order chi connectivity index (χ1) is 11.5. The molecule has 8 heteroatoms. The Morgan fingerprint density at radius 1 is 1.46 bits per heavy atom. The van der Waals surface area contributed by atoms with Crippen molar-refractivity contribution in [3.8, 4) is 0 Å². The quantitative estimate of drug-likeness (QED) is 0.876. The van der Waals surface area contributed by atoms with Crippen LogP contribution >= 0.6 is 11.3 Å². The Hall–Kier alpha value is -2.22. The minimum Gasteiger partial charge on any atom is -0.368 e. The zero-order valence-corrected chi connectivity index (χ0v) is 14.5. The third-order valence-electron chi connectivity index (χ3n) is 4.21. The number of carbonyl (C=O) groups is 2. The lowest BCUT2D eigenvalue weighted by atomic mass is 9.96. The van der Waals surface area contributed by atoms with Gasteiger partial charge in [0.1, 0.15) is 12.4 Å². The maximum absolute atomic E-state index is 12.5. The van der Waals surface area contributed by atoms with E-state index in [1.807, 2.05) is 17.2 Å². The van der Waals surface area contributed by atoms with E-state index in [1.165, 1.54) is 0 Å². The number of hydrogen-bond donors (Lipinski definition) is 1. The van der Waals surface area contributed by atoms with Gasteiger partial charge in [0.2, 0.25) is 11.8 Å². The van der Waals surface area contributed by atoms with Gasteiger partial charge < -0.3 is 15.2 Å². The lowest BCUT2D eigenvalue weighted by Crippen LogP contribution is -2.40. The van der Waals surface area contributed by atoms with E-state index in [1.54, 1.807) is 28.3 Å². The van der Waals surface area contributed by atoms with Crippen molar-refractivity contribution in [1.29, 1.82) is 0 Å². The van der Waals surface area contributed by atoms with Gasteiger partial charge in [0.05, 0.1) is 17.1 Å². The van der Waals surface area contributed by atoms with Crippen LogP contribution in [0.4, 0.5) is 0 Å². The minimum atomic E-state index is -0.392. The maximum Gasteiger partial charge on any atom is 0.237 e. The van der Waals surface area contributed by atoms with Crippen LogP contribution < -0.4 is 5.73 Å². The standard InChI is InChI=1S/C16H21N5O2S/c1-11-19-13(10-24-11)7-15(23)20-5-2-3-12(8-20)16-18-4-6-21(16)9-14(17)22/h4,6,10,12H,2-3,5,7-9H2,1H3,(H2,17,22)/t12-/m1/s1. The molecule has 7 nitrogen and oxygen atoms in total. The topological polar surface area (TPSA) is 94.1 Å².